The number of carbonyl (C=O) groups is 1. The molecule has 0 unspecified atom stereocenters. The summed E-state index contributed by atoms with van der Waals surface area (Å²) in [6.07, 6.45) is 0. The molecule has 0 amide bonds. The predicted octanol–water partition coefficient (Wildman–Crippen LogP) is 1.74. The molecule has 0 saturated heterocycles. The Labute approximate surface area is 88.9 Å². The van der Waals surface area contributed by atoms with Gasteiger partial charge in [-0.05, 0) is 34.5 Å². The average Bonchev–Trinajstić information content (AvgIpc) is 2.15. The molecule has 3 nitrogen and oxygen atoms in total. The van der Waals surface area contributed by atoms with Crippen molar-refractivity contribution >= 4 is 21.7 Å². The number of aromatic hydroxyl groups is 1. The van der Waals surface area contributed by atoms with Crippen molar-refractivity contribution in [1.82, 2.24) is 0 Å². The van der Waals surface area contributed by atoms with Crippen LogP contribution in [-0.4, -0.2) is 17.4 Å². The Kier molecular flexibility index (Phi) is 3.23. The lowest BCUT2D eigenvalue weighted by Crippen LogP contribution is -2.16. The van der Waals surface area contributed by atoms with Crippen LogP contribution >= 0.6 is 15.9 Å². The second kappa shape index (κ2) is 4.06. The third-order valence-electron chi connectivity index (χ3n) is 1.84. The maximum absolute atomic E-state index is 13.4. The largest absolute Gasteiger partial charge is 0.506 e. The highest BCUT2D eigenvalue weighted by atomic mass is 79.9. The van der Waals surface area contributed by atoms with E-state index in [1.807, 2.05) is 0 Å². The summed E-state index contributed by atoms with van der Waals surface area (Å²) >= 11 is 3.02. The van der Waals surface area contributed by atoms with Crippen molar-refractivity contribution in [2.75, 3.05) is 6.54 Å². The SMILES string of the molecule is Cc1cc(Br)c(O)c(C(=O)CN)c1F. The third kappa shape index (κ3) is 1.78. The lowest BCUT2D eigenvalue weighted by atomic mass is 10.1. The summed E-state index contributed by atoms with van der Waals surface area (Å²) in [5.74, 6) is -1.74. The fourth-order valence-corrected chi connectivity index (χ4v) is 1.64. The lowest BCUT2D eigenvalue weighted by Gasteiger charge is -2.08. The molecule has 1 aromatic carbocycles. The molecular weight excluding hydrogens is 253 g/mol. The molecule has 0 fully saturated rings. The Morgan fingerprint density at radius 1 is 1.71 bits per heavy atom. The Balaban J connectivity index is 3.47. The number of hydrogen-bond donors (Lipinski definition) is 2. The number of hydrogen-bond acceptors (Lipinski definition) is 3. The van der Waals surface area contributed by atoms with Crippen LogP contribution < -0.4 is 5.73 Å². The number of phenols is 1. The smallest absolute Gasteiger partial charge is 0.183 e. The van der Waals surface area contributed by atoms with Gasteiger partial charge in [0.15, 0.2) is 5.78 Å². The van der Waals surface area contributed by atoms with E-state index in [2.05, 4.69) is 15.9 Å². The zero-order chi connectivity index (χ0) is 10.9. The van der Waals surface area contributed by atoms with Gasteiger partial charge in [0.05, 0.1) is 16.6 Å². The zero-order valence-electron chi connectivity index (χ0n) is 7.47. The fraction of sp³-hybridized carbons (Fsp3) is 0.222. The summed E-state index contributed by atoms with van der Waals surface area (Å²) in [4.78, 5) is 11.2. The molecule has 0 aliphatic rings. The molecule has 76 valence electrons. The number of ketones is 1. The van der Waals surface area contributed by atoms with E-state index in [0.717, 1.165) is 0 Å². The molecule has 0 bridgehead atoms. The molecule has 0 aliphatic heterocycles. The van der Waals surface area contributed by atoms with Gasteiger partial charge in [0, 0.05) is 0 Å². The molecule has 1 aromatic rings. The lowest BCUT2D eigenvalue weighted by molar-refractivity contribution is 0.0994. The topological polar surface area (TPSA) is 63.3 Å². The summed E-state index contributed by atoms with van der Waals surface area (Å²) in [6, 6.07) is 1.40. The van der Waals surface area contributed by atoms with Gasteiger partial charge in [0.1, 0.15) is 11.6 Å². The second-order valence-electron chi connectivity index (χ2n) is 2.84. The van der Waals surface area contributed by atoms with Crippen LogP contribution in [0, 0.1) is 12.7 Å². The summed E-state index contributed by atoms with van der Waals surface area (Å²) in [7, 11) is 0. The van der Waals surface area contributed by atoms with Crippen molar-refractivity contribution in [3.05, 3.63) is 27.5 Å². The van der Waals surface area contributed by atoms with E-state index in [1.165, 1.54) is 13.0 Å². The van der Waals surface area contributed by atoms with Gasteiger partial charge in [-0.2, -0.15) is 0 Å². The molecule has 0 spiro atoms. The van der Waals surface area contributed by atoms with E-state index >= 15 is 0 Å². The zero-order valence-corrected chi connectivity index (χ0v) is 9.06. The number of aryl methyl sites for hydroxylation is 1. The number of rotatable bonds is 2. The number of Topliss-reactive ketones (excluding diaryl/α,β-unsaturated/α-hetero) is 1. The Morgan fingerprint density at radius 2 is 2.29 bits per heavy atom. The minimum absolute atomic E-state index is 0.284. The molecule has 0 aliphatic carbocycles. The number of carbonyl (C=O) groups excluding carboxylic acids is 1. The highest BCUT2D eigenvalue weighted by Crippen LogP contribution is 2.32. The first kappa shape index (κ1) is 11.1. The summed E-state index contributed by atoms with van der Waals surface area (Å²) in [5.41, 5.74) is 5.04. The summed E-state index contributed by atoms with van der Waals surface area (Å²) in [5, 5.41) is 9.44. The molecule has 0 aromatic heterocycles. The maximum atomic E-state index is 13.4. The Hall–Kier alpha value is -0.940. The van der Waals surface area contributed by atoms with Gasteiger partial charge < -0.3 is 10.8 Å². The van der Waals surface area contributed by atoms with Crippen LogP contribution in [0.15, 0.2) is 10.5 Å². The molecule has 0 atom stereocenters. The number of halogens is 2. The van der Waals surface area contributed by atoms with Crippen molar-refractivity contribution in [2.45, 2.75) is 6.92 Å². The van der Waals surface area contributed by atoms with Crippen molar-refractivity contribution in [3.8, 4) is 5.75 Å². The Bertz CT molecular complexity index is 367. The first-order chi connectivity index (χ1) is 6.49. The number of phenolic OH excluding ortho intramolecular Hbond substituents is 1. The van der Waals surface area contributed by atoms with Crippen LogP contribution in [0.5, 0.6) is 5.75 Å². The quantitative estimate of drug-likeness (QED) is 0.798. The molecule has 0 saturated carbocycles. The van der Waals surface area contributed by atoms with E-state index < -0.39 is 17.3 Å². The summed E-state index contributed by atoms with van der Waals surface area (Å²) in [6.45, 7) is 1.17. The van der Waals surface area contributed by atoms with E-state index in [0.29, 0.717) is 0 Å². The van der Waals surface area contributed by atoms with E-state index in [4.69, 9.17) is 5.73 Å². The monoisotopic (exact) mass is 261 g/mol. The predicted molar refractivity (Wildman–Crippen MR) is 53.9 cm³/mol. The Morgan fingerprint density at radius 3 is 2.79 bits per heavy atom. The van der Waals surface area contributed by atoms with Crippen LogP contribution in [0.3, 0.4) is 0 Å². The highest BCUT2D eigenvalue weighted by Gasteiger charge is 2.19. The minimum atomic E-state index is -0.721. The fourth-order valence-electron chi connectivity index (χ4n) is 1.10. The maximum Gasteiger partial charge on any atom is 0.183 e. The van der Waals surface area contributed by atoms with Crippen LogP contribution in [0.2, 0.25) is 0 Å². The van der Waals surface area contributed by atoms with Gasteiger partial charge in [0.25, 0.3) is 0 Å². The summed E-state index contributed by atoms with van der Waals surface area (Å²) < 4.78 is 13.7. The third-order valence-corrected chi connectivity index (χ3v) is 2.44. The van der Waals surface area contributed by atoms with Crippen LogP contribution in [0.25, 0.3) is 0 Å². The molecule has 0 heterocycles. The minimum Gasteiger partial charge on any atom is -0.506 e. The first-order valence-corrected chi connectivity index (χ1v) is 4.69. The van der Waals surface area contributed by atoms with E-state index in [-0.39, 0.29) is 22.1 Å². The average molecular weight is 262 g/mol. The van der Waals surface area contributed by atoms with Gasteiger partial charge in [0.2, 0.25) is 0 Å². The van der Waals surface area contributed by atoms with Crippen molar-refractivity contribution < 1.29 is 14.3 Å². The number of benzene rings is 1. The second-order valence-corrected chi connectivity index (χ2v) is 3.69. The van der Waals surface area contributed by atoms with Gasteiger partial charge in [-0.15, -0.1) is 0 Å². The van der Waals surface area contributed by atoms with Crippen LogP contribution in [0.1, 0.15) is 15.9 Å². The van der Waals surface area contributed by atoms with E-state index in [1.54, 1.807) is 0 Å². The molecule has 14 heavy (non-hydrogen) atoms. The highest BCUT2D eigenvalue weighted by molar-refractivity contribution is 9.10. The molecule has 1 rings (SSSR count). The standard InChI is InChI=1S/C9H9BrFNO2/c1-4-2-5(10)9(14)7(8(4)11)6(13)3-12/h2,14H,3,12H2,1H3. The first-order valence-electron chi connectivity index (χ1n) is 3.89. The van der Waals surface area contributed by atoms with Crippen molar-refractivity contribution in [2.24, 2.45) is 5.73 Å². The molecule has 0 radical (unpaired) electrons. The van der Waals surface area contributed by atoms with Crippen molar-refractivity contribution in [1.29, 1.82) is 0 Å². The van der Waals surface area contributed by atoms with E-state index in [9.17, 15) is 14.3 Å². The van der Waals surface area contributed by atoms with Gasteiger partial charge in [-0.3, -0.25) is 4.79 Å². The van der Waals surface area contributed by atoms with Crippen LogP contribution in [0.4, 0.5) is 4.39 Å². The van der Waals surface area contributed by atoms with Gasteiger partial charge >= 0.3 is 0 Å². The van der Waals surface area contributed by atoms with Crippen LogP contribution in [-0.2, 0) is 0 Å². The van der Waals surface area contributed by atoms with Gasteiger partial charge in [-0.25, -0.2) is 4.39 Å². The van der Waals surface area contributed by atoms with Gasteiger partial charge in [-0.1, -0.05) is 0 Å². The molecule has 3 N–H and O–H groups in total. The molecular formula is C9H9BrFNO2. The van der Waals surface area contributed by atoms with Crippen molar-refractivity contribution in [3.63, 3.8) is 0 Å². The normalized spacial score (nSPS) is 10.3. The number of nitrogens with two attached hydrogens (primary N) is 1. The molecule has 5 heteroatoms.